The molecule has 0 saturated carbocycles. The van der Waals surface area contributed by atoms with Crippen LogP contribution in [0.5, 0.6) is 0 Å². The molecule has 4 nitrogen and oxygen atoms in total. The van der Waals surface area contributed by atoms with E-state index in [0.29, 0.717) is 26.0 Å². The van der Waals surface area contributed by atoms with Crippen molar-refractivity contribution < 1.29 is 4.79 Å². The molecule has 1 aromatic carbocycles. The molecule has 0 bridgehead atoms. The van der Waals surface area contributed by atoms with Gasteiger partial charge in [0.15, 0.2) is 10.9 Å². The first-order valence-electron chi connectivity index (χ1n) is 6.42. The van der Waals surface area contributed by atoms with Crippen LogP contribution in [0.4, 0.5) is 0 Å². The largest absolute Gasteiger partial charge is 0.293 e. The highest BCUT2D eigenvalue weighted by Crippen LogP contribution is 2.22. The molecular weight excluding hydrogens is 340 g/mol. The first kappa shape index (κ1) is 15.3. The van der Waals surface area contributed by atoms with Crippen molar-refractivity contribution in [3.8, 4) is 0 Å². The van der Waals surface area contributed by atoms with E-state index in [1.807, 2.05) is 5.38 Å². The van der Waals surface area contributed by atoms with Crippen molar-refractivity contribution in [1.82, 2.24) is 9.55 Å². The van der Waals surface area contributed by atoms with Crippen LogP contribution in [0.25, 0.3) is 10.2 Å². The van der Waals surface area contributed by atoms with Gasteiger partial charge in [-0.2, -0.15) is 0 Å². The molecule has 0 atom stereocenters. The second-order valence-corrected chi connectivity index (χ2v) is 6.85. The predicted molar refractivity (Wildman–Crippen MR) is 91.4 cm³/mol. The molecule has 0 fully saturated rings. The van der Waals surface area contributed by atoms with Crippen molar-refractivity contribution in [1.29, 1.82) is 0 Å². The molecule has 0 aliphatic heterocycles. The number of benzene rings is 1. The standard InChI is InChI=1S/C15H11ClN2O2S2/c1-18-14(20)13-11(6-7-21-13)17-15(18)22-8-12(19)9-4-2-3-5-10(9)16/h2-7H,8H2,1H3. The molecule has 0 aliphatic rings. The van der Waals surface area contributed by atoms with Crippen molar-refractivity contribution in [3.05, 3.63) is 56.7 Å². The molecule has 0 amide bonds. The lowest BCUT2D eigenvalue weighted by atomic mass is 10.1. The summed E-state index contributed by atoms with van der Waals surface area (Å²) in [5.74, 6) is 0.0925. The van der Waals surface area contributed by atoms with Gasteiger partial charge in [0.05, 0.1) is 16.3 Å². The molecule has 112 valence electrons. The minimum atomic E-state index is -0.0901. The van der Waals surface area contributed by atoms with Crippen LogP contribution in [0.15, 0.2) is 45.7 Å². The van der Waals surface area contributed by atoms with E-state index in [4.69, 9.17) is 11.6 Å². The van der Waals surface area contributed by atoms with Gasteiger partial charge in [-0.25, -0.2) is 4.98 Å². The lowest BCUT2D eigenvalue weighted by Gasteiger charge is -2.07. The Balaban J connectivity index is 1.85. The molecule has 3 aromatic rings. The summed E-state index contributed by atoms with van der Waals surface area (Å²) in [4.78, 5) is 28.9. The maximum Gasteiger partial charge on any atom is 0.271 e. The molecule has 0 saturated heterocycles. The number of rotatable bonds is 4. The SMILES string of the molecule is Cn1c(SCC(=O)c2ccccc2Cl)nc2ccsc2c1=O. The lowest BCUT2D eigenvalue weighted by molar-refractivity contribution is 0.102. The second-order valence-electron chi connectivity index (χ2n) is 4.59. The summed E-state index contributed by atoms with van der Waals surface area (Å²) in [6, 6.07) is 8.74. The lowest BCUT2D eigenvalue weighted by Crippen LogP contribution is -2.19. The average molecular weight is 351 g/mol. The Morgan fingerprint density at radius 2 is 2.14 bits per heavy atom. The number of hydrogen-bond acceptors (Lipinski definition) is 5. The molecule has 0 unspecified atom stereocenters. The van der Waals surface area contributed by atoms with E-state index in [2.05, 4.69) is 4.98 Å². The third kappa shape index (κ3) is 2.82. The number of Topliss-reactive ketones (excluding diaryl/α,β-unsaturated/α-hetero) is 1. The zero-order valence-electron chi connectivity index (χ0n) is 11.6. The summed E-state index contributed by atoms with van der Waals surface area (Å²) in [5.41, 5.74) is 1.06. The topological polar surface area (TPSA) is 52.0 Å². The number of thiophene rings is 1. The van der Waals surface area contributed by atoms with Crippen molar-refractivity contribution >= 4 is 50.7 Å². The summed E-state index contributed by atoms with van der Waals surface area (Å²) in [6.45, 7) is 0. The quantitative estimate of drug-likeness (QED) is 0.409. The highest BCUT2D eigenvalue weighted by molar-refractivity contribution is 7.99. The molecule has 2 aromatic heterocycles. The van der Waals surface area contributed by atoms with E-state index in [9.17, 15) is 9.59 Å². The van der Waals surface area contributed by atoms with Gasteiger partial charge in [0, 0.05) is 12.6 Å². The molecule has 0 spiro atoms. The number of nitrogens with zero attached hydrogens (tertiary/aromatic N) is 2. The van der Waals surface area contributed by atoms with Gasteiger partial charge in [0.25, 0.3) is 5.56 Å². The minimum Gasteiger partial charge on any atom is -0.293 e. The number of hydrogen-bond donors (Lipinski definition) is 0. The van der Waals surface area contributed by atoms with Gasteiger partial charge in [0.1, 0.15) is 4.70 Å². The van der Waals surface area contributed by atoms with E-state index in [0.717, 1.165) is 0 Å². The first-order chi connectivity index (χ1) is 10.6. The van der Waals surface area contributed by atoms with E-state index in [1.165, 1.54) is 27.7 Å². The monoisotopic (exact) mass is 350 g/mol. The molecule has 3 rings (SSSR count). The van der Waals surface area contributed by atoms with Gasteiger partial charge in [-0.15, -0.1) is 11.3 Å². The minimum absolute atomic E-state index is 0.0877. The zero-order valence-corrected chi connectivity index (χ0v) is 14.0. The summed E-state index contributed by atoms with van der Waals surface area (Å²) < 4.78 is 2.10. The third-order valence-electron chi connectivity index (χ3n) is 3.15. The number of carbonyl (C=O) groups excluding carboxylic acids is 1. The highest BCUT2D eigenvalue weighted by atomic mass is 35.5. The van der Waals surface area contributed by atoms with Crippen LogP contribution in [0.3, 0.4) is 0 Å². The van der Waals surface area contributed by atoms with Crippen LogP contribution in [0.2, 0.25) is 5.02 Å². The fourth-order valence-corrected chi connectivity index (χ4v) is 3.89. The van der Waals surface area contributed by atoms with Crippen LogP contribution in [-0.2, 0) is 7.05 Å². The van der Waals surface area contributed by atoms with Crippen LogP contribution < -0.4 is 5.56 Å². The Labute approximate surface area is 139 Å². The molecule has 0 N–H and O–H groups in total. The Hall–Kier alpha value is -1.63. The fraction of sp³-hybridized carbons (Fsp3) is 0.133. The van der Waals surface area contributed by atoms with Crippen molar-refractivity contribution in [2.24, 2.45) is 7.05 Å². The number of aromatic nitrogens is 2. The van der Waals surface area contributed by atoms with Gasteiger partial charge in [-0.3, -0.25) is 14.2 Å². The average Bonchev–Trinajstić information content (AvgIpc) is 2.98. The highest BCUT2D eigenvalue weighted by Gasteiger charge is 2.14. The zero-order chi connectivity index (χ0) is 15.7. The number of halogens is 1. The summed E-state index contributed by atoms with van der Waals surface area (Å²) in [5, 5.41) is 2.79. The Morgan fingerprint density at radius 1 is 1.36 bits per heavy atom. The van der Waals surface area contributed by atoms with Crippen LogP contribution in [0.1, 0.15) is 10.4 Å². The van der Waals surface area contributed by atoms with E-state index in [1.54, 1.807) is 37.4 Å². The Morgan fingerprint density at radius 3 is 2.91 bits per heavy atom. The van der Waals surface area contributed by atoms with E-state index >= 15 is 0 Å². The normalized spacial score (nSPS) is 11.0. The van der Waals surface area contributed by atoms with Crippen molar-refractivity contribution in [3.63, 3.8) is 0 Å². The van der Waals surface area contributed by atoms with Crippen LogP contribution in [0, 0.1) is 0 Å². The molecule has 0 aliphatic carbocycles. The number of carbonyl (C=O) groups is 1. The van der Waals surface area contributed by atoms with Crippen molar-refractivity contribution in [2.45, 2.75) is 5.16 Å². The smallest absolute Gasteiger partial charge is 0.271 e. The van der Waals surface area contributed by atoms with Gasteiger partial charge in [-0.1, -0.05) is 35.5 Å². The van der Waals surface area contributed by atoms with Gasteiger partial charge in [0.2, 0.25) is 0 Å². The summed E-state index contributed by atoms with van der Waals surface area (Å²) in [7, 11) is 1.66. The van der Waals surface area contributed by atoms with Gasteiger partial charge >= 0.3 is 0 Å². The molecule has 0 radical (unpaired) electrons. The Bertz CT molecular complexity index is 917. The van der Waals surface area contributed by atoms with Crippen LogP contribution in [-0.4, -0.2) is 21.1 Å². The second kappa shape index (κ2) is 6.24. The van der Waals surface area contributed by atoms with Gasteiger partial charge < -0.3 is 0 Å². The van der Waals surface area contributed by atoms with E-state index < -0.39 is 0 Å². The van der Waals surface area contributed by atoms with Crippen LogP contribution >= 0.6 is 34.7 Å². The number of ketones is 1. The predicted octanol–water partition coefficient (Wildman–Crippen LogP) is 3.62. The molecule has 2 heterocycles. The first-order valence-corrected chi connectivity index (χ1v) is 8.67. The molecule has 22 heavy (non-hydrogen) atoms. The van der Waals surface area contributed by atoms with Gasteiger partial charge in [-0.05, 0) is 23.6 Å². The molecule has 7 heteroatoms. The fourth-order valence-electron chi connectivity index (χ4n) is 1.99. The summed E-state index contributed by atoms with van der Waals surface area (Å²) in [6.07, 6.45) is 0. The maximum absolute atomic E-state index is 12.2. The summed E-state index contributed by atoms with van der Waals surface area (Å²) >= 11 is 8.63. The third-order valence-corrected chi connectivity index (χ3v) is 5.40. The Kier molecular flexibility index (Phi) is 4.33. The number of fused-ring (bicyclic) bond motifs is 1. The van der Waals surface area contributed by atoms with Crippen molar-refractivity contribution in [2.75, 3.05) is 5.75 Å². The maximum atomic E-state index is 12.2. The van der Waals surface area contributed by atoms with E-state index in [-0.39, 0.29) is 17.1 Å². The molecular formula is C15H11ClN2O2S2. The number of thioether (sulfide) groups is 1.